The predicted molar refractivity (Wildman–Crippen MR) is 62.7 cm³/mol. The minimum Gasteiger partial charge on any atom is -0.370 e. The Balaban J connectivity index is 2.29. The molecule has 1 nitrogen and oxygen atoms in total. The fourth-order valence-corrected chi connectivity index (χ4v) is 2.33. The second-order valence-electron chi connectivity index (χ2n) is 4.16. The third-order valence-corrected chi connectivity index (χ3v) is 3.13. The molecule has 1 fully saturated rings. The Hall–Kier alpha value is -1.08. The van der Waals surface area contributed by atoms with Gasteiger partial charge in [-0.25, -0.2) is 0 Å². The molecule has 80 valence electrons. The molecular formula is C14H18O. The molecule has 1 aliphatic rings. The molecule has 2 rings (SSSR count). The van der Waals surface area contributed by atoms with E-state index in [4.69, 9.17) is 4.74 Å². The first-order valence-corrected chi connectivity index (χ1v) is 5.68. The van der Waals surface area contributed by atoms with Crippen molar-refractivity contribution < 1.29 is 4.74 Å². The SMILES string of the molecule is C=CC[C@]1(c2ccccc2)CCCCO1. The molecule has 1 aliphatic heterocycles. The van der Waals surface area contributed by atoms with Gasteiger partial charge >= 0.3 is 0 Å². The summed E-state index contributed by atoms with van der Waals surface area (Å²) in [7, 11) is 0. The van der Waals surface area contributed by atoms with Crippen molar-refractivity contribution >= 4 is 0 Å². The van der Waals surface area contributed by atoms with E-state index in [1.165, 1.54) is 18.4 Å². The lowest BCUT2D eigenvalue weighted by molar-refractivity contribution is -0.0818. The Labute approximate surface area is 91.8 Å². The van der Waals surface area contributed by atoms with Crippen molar-refractivity contribution in [1.29, 1.82) is 0 Å². The summed E-state index contributed by atoms with van der Waals surface area (Å²) in [4.78, 5) is 0. The van der Waals surface area contributed by atoms with Crippen molar-refractivity contribution in [3.63, 3.8) is 0 Å². The van der Waals surface area contributed by atoms with Crippen LogP contribution in [0, 0.1) is 0 Å². The zero-order valence-corrected chi connectivity index (χ0v) is 9.11. The fraction of sp³-hybridized carbons (Fsp3) is 0.429. The molecule has 1 heterocycles. The average Bonchev–Trinajstić information content (AvgIpc) is 2.32. The molecule has 0 radical (unpaired) electrons. The maximum Gasteiger partial charge on any atom is 0.0965 e. The Kier molecular flexibility index (Phi) is 3.22. The summed E-state index contributed by atoms with van der Waals surface area (Å²) in [6.07, 6.45) is 6.44. The molecule has 0 unspecified atom stereocenters. The topological polar surface area (TPSA) is 9.23 Å². The number of benzene rings is 1. The summed E-state index contributed by atoms with van der Waals surface area (Å²) in [6.45, 7) is 4.72. The van der Waals surface area contributed by atoms with E-state index < -0.39 is 0 Å². The zero-order valence-electron chi connectivity index (χ0n) is 9.11. The zero-order chi connectivity index (χ0) is 10.6. The predicted octanol–water partition coefficient (Wildman–Crippen LogP) is 3.66. The van der Waals surface area contributed by atoms with Gasteiger partial charge in [0.1, 0.15) is 0 Å². The van der Waals surface area contributed by atoms with Crippen LogP contribution in [0.3, 0.4) is 0 Å². The van der Waals surface area contributed by atoms with E-state index in [0.717, 1.165) is 19.4 Å². The van der Waals surface area contributed by atoms with Crippen molar-refractivity contribution in [3.8, 4) is 0 Å². The number of rotatable bonds is 3. The molecule has 1 saturated heterocycles. The second-order valence-corrected chi connectivity index (χ2v) is 4.16. The highest BCUT2D eigenvalue weighted by atomic mass is 16.5. The van der Waals surface area contributed by atoms with Crippen LogP contribution in [0.4, 0.5) is 0 Å². The van der Waals surface area contributed by atoms with E-state index in [0.29, 0.717) is 0 Å². The van der Waals surface area contributed by atoms with Gasteiger partial charge < -0.3 is 4.74 Å². The summed E-state index contributed by atoms with van der Waals surface area (Å²) in [5, 5.41) is 0. The summed E-state index contributed by atoms with van der Waals surface area (Å²) >= 11 is 0. The summed E-state index contributed by atoms with van der Waals surface area (Å²) in [6, 6.07) is 10.5. The highest BCUT2D eigenvalue weighted by Crippen LogP contribution is 2.38. The van der Waals surface area contributed by atoms with E-state index in [-0.39, 0.29) is 5.60 Å². The molecule has 0 amide bonds. The monoisotopic (exact) mass is 202 g/mol. The third-order valence-electron chi connectivity index (χ3n) is 3.13. The molecule has 1 atom stereocenters. The van der Waals surface area contributed by atoms with Crippen LogP contribution < -0.4 is 0 Å². The van der Waals surface area contributed by atoms with Gasteiger partial charge in [0.25, 0.3) is 0 Å². The maximum atomic E-state index is 6.02. The van der Waals surface area contributed by atoms with Gasteiger partial charge in [0.2, 0.25) is 0 Å². The highest BCUT2D eigenvalue weighted by Gasteiger charge is 2.33. The number of hydrogen-bond acceptors (Lipinski definition) is 1. The van der Waals surface area contributed by atoms with E-state index in [9.17, 15) is 0 Å². The van der Waals surface area contributed by atoms with Crippen LogP contribution in [-0.4, -0.2) is 6.61 Å². The van der Waals surface area contributed by atoms with Gasteiger partial charge in [0.05, 0.1) is 5.60 Å². The van der Waals surface area contributed by atoms with E-state index in [1.54, 1.807) is 0 Å². The largest absolute Gasteiger partial charge is 0.370 e. The van der Waals surface area contributed by atoms with Gasteiger partial charge in [-0.3, -0.25) is 0 Å². The average molecular weight is 202 g/mol. The lowest BCUT2D eigenvalue weighted by Crippen LogP contribution is -2.33. The van der Waals surface area contributed by atoms with Crippen molar-refractivity contribution in [3.05, 3.63) is 48.6 Å². The maximum absolute atomic E-state index is 6.02. The molecule has 0 N–H and O–H groups in total. The van der Waals surface area contributed by atoms with Gasteiger partial charge in [-0.05, 0) is 31.2 Å². The Morgan fingerprint density at radius 2 is 2.07 bits per heavy atom. The molecule has 0 spiro atoms. The molecule has 0 aliphatic carbocycles. The normalized spacial score (nSPS) is 26.1. The number of ether oxygens (including phenoxy) is 1. The summed E-state index contributed by atoms with van der Waals surface area (Å²) in [5.41, 5.74) is 1.20. The van der Waals surface area contributed by atoms with E-state index in [2.05, 4.69) is 30.8 Å². The Bertz CT molecular complexity index is 309. The first-order valence-electron chi connectivity index (χ1n) is 5.68. The Morgan fingerprint density at radius 3 is 2.67 bits per heavy atom. The fourth-order valence-electron chi connectivity index (χ4n) is 2.33. The number of hydrogen-bond donors (Lipinski definition) is 0. The summed E-state index contributed by atoms with van der Waals surface area (Å²) in [5.74, 6) is 0. The second kappa shape index (κ2) is 4.63. The highest BCUT2D eigenvalue weighted by molar-refractivity contribution is 5.24. The quantitative estimate of drug-likeness (QED) is 0.680. The standard InChI is InChI=1S/C14H18O/c1-2-10-14(11-6-7-12-15-14)13-8-4-3-5-9-13/h2-5,8-9H,1,6-7,10-12H2/t14-/m1/s1. The van der Waals surface area contributed by atoms with E-state index in [1.807, 2.05) is 12.1 Å². The molecule has 0 aromatic heterocycles. The first kappa shape index (κ1) is 10.4. The Morgan fingerprint density at radius 1 is 1.27 bits per heavy atom. The third kappa shape index (κ3) is 2.13. The summed E-state index contributed by atoms with van der Waals surface area (Å²) < 4.78 is 6.02. The molecule has 1 aromatic rings. The van der Waals surface area contributed by atoms with Gasteiger partial charge in [0, 0.05) is 6.61 Å². The van der Waals surface area contributed by atoms with Crippen LogP contribution in [0.1, 0.15) is 31.2 Å². The van der Waals surface area contributed by atoms with Crippen LogP contribution >= 0.6 is 0 Å². The van der Waals surface area contributed by atoms with E-state index >= 15 is 0 Å². The van der Waals surface area contributed by atoms with Crippen molar-refractivity contribution in [2.45, 2.75) is 31.3 Å². The van der Waals surface area contributed by atoms with Gasteiger partial charge in [0.15, 0.2) is 0 Å². The van der Waals surface area contributed by atoms with Crippen LogP contribution in [0.5, 0.6) is 0 Å². The van der Waals surface area contributed by atoms with Crippen LogP contribution in [0.2, 0.25) is 0 Å². The lowest BCUT2D eigenvalue weighted by atomic mass is 9.84. The van der Waals surface area contributed by atoms with Gasteiger partial charge in [-0.15, -0.1) is 6.58 Å². The minimum atomic E-state index is -0.0960. The molecule has 1 heteroatoms. The molecule has 0 saturated carbocycles. The smallest absolute Gasteiger partial charge is 0.0965 e. The molecule has 15 heavy (non-hydrogen) atoms. The molecule has 0 bridgehead atoms. The van der Waals surface area contributed by atoms with Gasteiger partial charge in [-0.1, -0.05) is 36.4 Å². The van der Waals surface area contributed by atoms with Crippen LogP contribution in [0.25, 0.3) is 0 Å². The molecule has 1 aromatic carbocycles. The van der Waals surface area contributed by atoms with Crippen molar-refractivity contribution in [2.75, 3.05) is 6.61 Å². The van der Waals surface area contributed by atoms with Gasteiger partial charge in [-0.2, -0.15) is 0 Å². The first-order chi connectivity index (χ1) is 7.37. The molecular weight excluding hydrogens is 184 g/mol. The lowest BCUT2D eigenvalue weighted by Gasteiger charge is -2.37. The van der Waals surface area contributed by atoms with Crippen LogP contribution in [0.15, 0.2) is 43.0 Å². The van der Waals surface area contributed by atoms with Crippen molar-refractivity contribution in [2.24, 2.45) is 0 Å². The van der Waals surface area contributed by atoms with Crippen LogP contribution in [-0.2, 0) is 10.3 Å². The minimum absolute atomic E-state index is 0.0960. The van der Waals surface area contributed by atoms with Crippen molar-refractivity contribution in [1.82, 2.24) is 0 Å².